The number of nitrogens with two attached hydrogens (primary N) is 1. The van der Waals surface area contributed by atoms with E-state index in [-0.39, 0.29) is 17.8 Å². The third kappa shape index (κ3) is 5.77. The SMILES string of the molecule is CCOC(=O)c1ccc(OC(=O)[C@H]2CC[C@H](CNC(=N)N)CC2)cc1. The Morgan fingerprint density at radius 1 is 1.20 bits per heavy atom. The van der Waals surface area contributed by atoms with Crippen molar-refractivity contribution in [1.82, 2.24) is 5.32 Å². The minimum absolute atomic E-state index is 0.0206. The molecule has 0 aromatic heterocycles. The normalized spacial score (nSPS) is 19.7. The van der Waals surface area contributed by atoms with E-state index in [0.29, 0.717) is 30.4 Å². The first kappa shape index (κ1) is 18.8. The van der Waals surface area contributed by atoms with Crippen molar-refractivity contribution in [3.63, 3.8) is 0 Å². The Kier molecular flexibility index (Phi) is 6.80. The lowest BCUT2D eigenvalue weighted by Gasteiger charge is -2.27. The highest BCUT2D eigenvalue weighted by molar-refractivity contribution is 5.89. The second-order valence-corrected chi connectivity index (χ2v) is 6.18. The number of rotatable bonds is 6. The Labute approximate surface area is 147 Å². The van der Waals surface area contributed by atoms with Crippen molar-refractivity contribution in [3.05, 3.63) is 29.8 Å². The molecule has 25 heavy (non-hydrogen) atoms. The van der Waals surface area contributed by atoms with Gasteiger partial charge in [-0.25, -0.2) is 4.79 Å². The van der Waals surface area contributed by atoms with Gasteiger partial charge < -0.3 is 20.5 Å². The molecule has 0 aliphatic heterocycles. The van der Waals surface area contributed by atoms with E-state index in [2.05, 4.69) is 5.32 Å². The van der Waals surface area contributed by atoms with Gasteiger partial charge in [-0.2, -0.15) is 0 Å². The number of guanidine groups is 1. The monoisotopic (exact) mass is 347 g/mol. The fourth-order valence-corrected chi connectivity index (χ4v) is 2.93. The van der Waals surface area contributed by atoms with Crippen LogP contribution in [0.4, 0.5) is 0 Å². The van der Waals surface area contributed by atoms with Crippen molar-refractivity contribution >= 4 is 17.9 Å². The second kappa shape index (κ2) is 9.05. The predicted molar refractivity (Wildman–Crippen MR) is 93.4 cm³/mol. The van der Waals surface area contributed by atoms with Gasteiger partial charge in [0, 0.05) is 6.54 Å². The standard InChI is InChI=1S/C18H25N3O4/c1-2-24-16(22)13-7-9-15(10-8-13)25-17(23)14-5-3-12(4-6-14)11-21-18(19)20/h7-10,12,14H,2-6,11H2,1H3,(H4,19,20,21)/t12-,14-. The fraction of sp³-hybridized carbons (Fsp3) is 0.500. The number of hydrogen-bond acceptors (Lipinski definition) is 5. The van der Waals surface area contributed by atoms with Gasteiger partial charge in [-0.3, -0.25) is 10.2 Å². The molecular weight excluding hydrogens is 322 g/mol. The van der Waals surface area contributed by atoms with E-state index in [0.717, 1.165) is 25.7 Å². The molecule has 1 aromatic rings. The summed E-state index contributed by atoms with van der Waals surface area (Å²) in [7, 11) is 0. The molecule has 136 valence electrons. The van der Waals surface area contributed by atoms with Gasteiger partial charge in [0.2, 0.25) is 0 Å². The summed E-state index contributed by atoms with van der Waals surface area (Å²) >= 11 is 0. The van der Waals surface area contributed by atoms with Crippen molar-refractivity contribution in [1.29, 1.82) is 5.41 Å². The number of carbonyl (C=O) groups excluding carboxylic acids is 2. The van der Waals surface area contributed by atoms with E-state index in [1.165, 1.54) is 0 Å². The molecule has 0 heterocycles. The van der Waals surface area contributed by atoms with Crippen LogP contribution in [-0.2, 0) is 9.53 Å². The molecule has 0 saturated heterocycles. The number of hydrogen-bond donors (Lipinski definition) is 3. The minimum Gasteiger partial charge on any atom is -0.462 e. The molecule has 4 N–H and O–H groups in total. The predicted octanol–water partition coefficient (Wildman–Crippen LogP) is 2.06. The van der Waals surface area contributed by atoms with E-state index < -0.39 is 5.97 Å². The van der Waals surface area contributed by atoms with Crippen LogP contribution in [0.2, 0.25) is 0 Å². The van der Waals surface area contributed by atoms with Gasteiger partial charge in [0.15, 0.2) is 5.96 Å². The Bertz CT molecular complexity index is 607. The third-order valence-corrected chi connectivity index (χ3v) is 4.35. The van der Waals surface area contributed by atoms with E-state index in [1.54, 1.807) is 31.2 Å². The summed E-state index contributed by atoms with van der Waals surface area (Å²) in [6, 6.07) is 6.38. The maximum absolute atomic E-state index is 12.3. The van der Waals surface area contributed by atoms with Gasteiger partial charge in [0.25, 0.3) is 0 Å². The quantitative estimate of drug-likeness (QED) is 0.314. The first-order chi connectivity index (χ1) is 12.0. The van der Waals surface area contributed by atoms with Crippen molar-refractivity contribution in [3.8, 4) is 5.75 Å². The molecule has 0 atom stereocenters. The molecule has 0 amide bonds. The van der Waals surface area contributed by atoms with Crippen molar-refractivity contribution in [2.45, 2.75) is 32.6 Å². The van der Waals surface area contributed by atoms with Crippen molar-refractivity contribution in [2.24, 2.45) is 17.6 Å². The molecule has 0 radical (unpaired) electrons. The Hall–Kier alpha value is -2.57. The highest BCUT2D eigenvalue weighted by atomic mass is 16.5. The summed E-state index contributed by atoms with van der Waals surface area (Å²) in [5.74, 6) is 0.0982. The zero-order valence-electron chi connectivity index (χ0n) is 14.4. The van der Waals surface area contributed by atoms with Crippen LogP contribution < -0.4 is 15.8 Å². The summed E-state index contributed by atoms with van der Waals surface area (Å²) in [5.41, 5.74) is 5.72. The molecule has 0 spiro atoms. The molecule has 0 bridgehead atoms. The highest BCUT2D eigenvalue weighted by Gasteiger charge is 2.27. The van der Waals surface area contributed by atoms with Crippen LogP contribution in [0.25, 0.3) is 0 Å². The molecule has 1 saturated carbocycles. The maximum atomic E-state index is 12.3. The van der Waals surface area contributed by atoms with E-state index in [1.807, 2.05) is 0 Å². The summed E-state index contributed by atoms with van der Waals surface area (Å²) in [6.45, 7) is 2.74. The van der Waals surface area contributed by atoms with Gasteiger partial charge in [-0.05, 0) is 62.8 Å². The first-order valence-corrected chi connectivity index (χ1v) is 8.56. The van der Waals surface area contributed by atoms with Crippen LogP contribution >= 0.6 is 0 Å². The zero-order chi connectivity index (χ0) is 18.2. The molecule has 1 aromatic carbocycles. The van der Waals surface area contributed by atoms with Gasteiger partial charge in [0.05, 0.1) is 18.1 Å². The van der Waals surface area contributed by atoms with Crippen molar-refractivity contribution < 1.29 is 19.1 Å². The second-order valence-electron chi connectivity index (χ2n) is 6.18. The van der Waals surface area contributed by atoms with Crippen molar-refractivity contribution in [2.75, 3.05) is 13.2 Å². The molecule has 1 aliphatic rings. The van der Waals surface area contributed by atoms with E-state index in [4.69, 9.17) is 20.6 Å². The molecule has 1 aliphatic carbocycles. The fourth-order valence-electron chi connectivity index (χ4n) is 2.93. The summed E-state index contributed by atoms with van der Waals surface area (Å²) in [5, 5.41) is 10.0. The van der Waals surface area contributed by atoms with Crippen LogP contribution in [0.15, 0.2) is 24.3 Å². The van der Waals surface area contributed by atoms with Gasteiger partial charge in [-0.15, -0.1) is 0 Å². The minimum atomic E-state index is -0.391. The molecule has 2 rings (SSSR count). The Balaban J connectivity index is 1.80. The zero-order valence-corrected chi connectivity index (χ0v) is 14.4. The molecule has 0 unspecified atom stereocenters. The number of nitrogens with one attached hydrogen (secondary N) is 2. The van der Waals surface area contributed by atoms with Crippen LogP contribution in [0.3, 0.4) is 0 Å². The largest absolute Gasteiger partial charge is 0.462 e. The lowest BCUT2D eigenvalue weighted by Crippen LogP contribution is -2.36. The van der Waals surface area contributed by atoms with Crippen LogP contribution in [0.1, 0.15) is 43.0 Å². The topological polar surface area (TPSA) is 114 Å². The van der Waals surface area contributed by atoms with E-state index in [9.17, 15) is 9.59 Å². The van der Waals surface area contributed by atoms with Crippen LogP contribution in [0, 0.1) is 17.2 Å². The smallest absolute Gasteiger partial charge is 0.338 e. The lowest BCUT2D eigenvalue weighted by molar-refractivity contribution is -0.140. The molecule has 7 heteroatoms. The van der Waals surface area contributed by atoms with Crippen LogP contribution in [0.5, 0.6) is 5.75 Å². The lowest BCUT2D eigenvalue weighted by atomic mass is 9.82. The molecule has 1 fully saturated rings. The average Bonchev–Trinajstić information content (AvgIpc) is 2.61. The Morgan fingerprint density at radius 2 is 1.84 bits per heavy atom. The Morgan fingerprint density at radius 3 is 2.40 bits per heavy atom. The number of carbonyl (C=O) groups is 2. The van der Waals surface area contributed by atoms with Gasteiger partial charge in [0.1, 0.15) is 5.75 Å². The average molecular weight is 347 g/mol. The first-order valence-electron chi connectivity index (χ1n) is 8.56. The van der Waals surface area contributed by atoms with Gasteiger partial charge in [-0.1, -0.05) is 0 Å². The highest BCUT2D eigenvalue weighted by Crippen LogP contribution is 2.29. The van der Waals surface area contributed by atoms with Crippen LogP contribution in [-0.4, -0.2) is 31.0 Å². The number of esters is 2. The maximum Gasteiger partial charge on any atom is 0.338 e. The number of benzene rings is 1. The molecule has 7 nitrogen and oxygen atoms in total. The van der Waals surface area contributed by atoms with Gasteiger partial charge >= 0.3 is 11.9 Å². The third-order valence-electron chi connectivity index (χ3n) is 4.35. The molecular formula is C18H25N3O4. The summed E-state index contributed by atoms with van der Waals surface area (Å²) < 4.78 is 10.3. The summed E-state index contributed by atoms with van der Waals surface area (Å²) in [4.78, 5) is 23.9. The van der Waals surface area contributed by atoms with E-state index >= 15 is 0 Å². The number of ether oxygens (including phenoxy) is 2. The summed E-state index contributed by atoms with van der Waals surface area (Å²) in [6.07, 6.45) is 3.34.